The van der Waals surface area contributed by atoms with Gasteiger partial charge in [-0.2, -0.15) is 13.2 Å². The first-order valence-corrected chi connectivity index (χ1v) is 10.9. The number of likely N-dealkylation sites (tertiary alicyclic amines) is 2. The standard InChI is InChI=1S/C23H35F3N2/c1-16(2)27-14-6-5-7-21(27)19-10-8-18(9-11-19)20-12-13-22(23(24,25)26)28(15-20)17(3)4/h8-11,16-17,20-22H,5-7,12-15H2,1-4H3. The number of nitrogens with zero attached hydrogens (tertiary/aromatic N) is 2. The van der Waals surface area contributed by atoms with Crippen LogP contribution in [0, 0.1) is 0 Å². The molecule has 28 heavy (non-hydrogen) atoms. The van der Waals surface area contributed by atoms with E-state index in [4.69, 9.17) is 0 Å². The van der Waals surface area contributed by atoms with Crippen LogP contribution < -0.4 is 0 Å². The van der Waals surface area contributed by atoms with E-state index >= 15 is 0 Å². The van der Waals surface area contributed by atoms with E-state index in [9.17, 15) is 13.2 Å². The van der Waals surface area contributed by atoms with E-state index in [2.05, 4.69) is 43.0 Å². The highest BCUT2D eigenvalue weighted by atomic mass is 19.4. The zero-order chi connectivity index (χ0) is 20.5. The molecule has 2 saturated heterocycles. The number of hydrogen-bond acceptors (Lipinski definition) is 2. The third kappa shape index (κ3) is 4.73. The molecule has 0 saturated carbocycles. The second-order valence-electron chi connectivity index (χ2n) is 9.13. The van der Waals surface area contributed by atoms with Crippen molar-refractivity contribution in [1.29, 1.82) is 0 Å². The van der Waals surface area contributed by atoms with Crippen LogP contribution in [0.25, 0.3) is 0 Å². The van der Waals surface area contributed by atoms with Gasteiger partial charge in [0.25, 0.3) is 0 Å². The maximum atomic E-state index is 13.4. The summed E-state index contributed by atoms with van der Waals surface area (Å²) in [7, 11) is 0. The van der Waals surface area contributed by atoms with Crippen LogP contribution in [0.4, 0.5) is 13.2 Å². The van der Waals surface area contributed by atoms with Gasteiger partial charge in [-0.1, -0.05) is 30.7 Å². The van der Waals surface area contributed by atoms with Gasteiger partial charge in [0, 0.05) is 24.7 Å². The fourth-order valence-electron chi connectivity index (χ4n) is 5.11. The summed E-state index contributed by atoms with van der Waals surface area (Å²) < 4.78 is 40.2. The maximum Gasteiger partial charge on any atom is 0.404 e. The summed E-state index contributed by atoms with van der Waals surface area (Å²) in [5.74, 6) is 0.183. The molecule has 0 spiro atoms. The predicted molar refractivity (Wildman–Crippen MR) is 109 cm³/mol. The molecule has 2 fully saturated rings. The first-order chi connectivity index (χ1) is 13.2. The molecule has 3 unspecified atom stereocenters. The Bertz CT molecular complexity index is 624. The van der Waals surface area contributed by atoms with Crippen molar-refractivity contribution in [2.24, 2.45) is 0 Å². The highest BCUT2D eigenvalue weighted by Gasteiger charge is 2.47. The molecule has 0 radical (unpaired) electrons. The molecular formula is C23H35F3N2. The van der Waals surface area contributed by atoms with Gasteiger partial charge in [0.1, 0.15) is 6.04 Å². The Balaban J connectivity index is 1.73. The lowest BCUT2D eigenvalue weighted by Crippen LogP contribution is -2.53. The molecule has 3 atom stereocenters. The third-order valence-electron chi connectivity index (χ3n) is 6.66. The van der Waals surface area contributed by atoms with Gasteiger partial charge in [0.15, 0.2) is 0 Å². The van der Waals surface area contributed by atoms with Gasteiger partial charge in [0.05, 0.1) is 0 Å². The largest absolute Gasteiger partial charge is 0.404 e. The van der Waals surface area contributed by atoms with Crippen LogP contribution in [0.15, 0.2) is 24.3 Å². The zero-order valence-electron chi connectivity index (χ0n) is 17.7. The number of rotatable bonds is 4. The Morgan fingerprint density at radius 3 is 2.00 bits per heavy atom. The Hall–Kier alpha value is -1.07. The number of hydrogen-bond donors (Lipinski definition) is 0. The molecule has 0 N–H and O–H groups in total. The number of benzene rings is 1. The van der Waals surface area contributed by atoms with Crippen molar-refractivity contribution in [2.45, 2.75) is 96.1 Å². The summed E-state index contributed by atoms with van der Waals surface area (Å²) in [5, 5.41) is 0. The monoisotopic (exact) mass is 396 g/mol. The minimum absolute atomic E-state index is 0.101. The van der Waals surface area contributed by atoms with Crippen molar-refractivity contribution in [3.8, 4) is 0 Å². The van der Waals surface area contributed by atoms with Crippen LogP contribution in [-0.2, 0) is 0 Å². The second-order valence-corrected chi connectivity index (χ2v) is 9.13. The van der Waals surface area contributed by atoms with Gasteiger partial charge < -0.3 is 0 Å². The first-order valence-electron chi connectivity index (χ1n) is 10.9. The van der Waals surface area contributed by atoms with Crippen molar-refractivity contribution in [3.63, 3.8) is 0 Å². The molecule has 0 aromatic heterocycles. The van der Waals surface area contributed by atoms with E-state index in [1.165, 1.54) is 30.4 Å². The van der Waals surface area contributed by atoms with Gasteiger partial charge >= 0.3 is 6.18 Å². The molecule has 158 valence electrons. The van der Waals surface area contributed by atoms with Crippen LogP contribution in [0.1, 0.15) is 82.9 Å². The molecular weight excluding hydrogens is 361 g/mol. The van der Waals surface area contributed by atoms with Gasteiger partial charge in [-0.15, -0.1) is 0 Å². The van der Waals surface area contributed by atoms with E-state index < -0.39 is 12.2 Å². The molecule has 0 aliphatic carbocycles. The second kappa shape index (κ2) is 8.74. The van der Waals surface area contributed by atoms with E-state index in [1.54, 1.807) is 4.90 Å². The summed E-state index contributed by atoms with van der Waals surface area (Å²) in [6.45, 7) is 9.89. The lowest BCUT2D eigenvalue weighted by atomic mass is 9.85. The number of piperidine rings is 2. The lowest BCUT2D eigenvalue weighted by molar-refractivity contribution is -0.197. The van der Waals surface area contributed by atoms with E-state index in [-0.39, 0.29) is 18.4 Å². The minimum Gasteiger partial charge on any atom is -0.294 e. The van der Waals surface area contributed by atoms with Gasteiger partial charge in [-0.3, -0.25) is 9.80 Å². The zero-order valence-corrected chi connectivity index (χ0v) is 17.7. The number of halogens is 3. The average molecular weight is 397 g/mol. The Morgan fingerprint density at radius 1 is 0.821 bits per heavy atom. The molecule has 2 heterocycles. The minimum atomic E-state index is -4.14. The van der Waals surface area contributed by atoms with E-state index in [1.807, 2.05) is 13.8 Å². The Kier molecular flexibility index (Phi) is 6.76. The van der Waals surface area contributed by atoms with Gasteiger partial charge in [-0.05, 0) is 77.0 Å². The maximum absolute atomic E-state index is 13.4. The molecule has 2 nitrogen and oxygen atoms in total. The quantitative estimate of drug-likeness (QED) is 0.603. The van der Waals surface area contributed by atoms with E-state index in [0.717, 1.165) is 6.54 Å². The van der Waals surface area contributed by atoms with Crippen molar-refractivity contribution in [2.75, 3.05) is 13.1 Å². The van der Waals surface area contributed by atoms with Crippen LogP contribution in [0.2, 0.25) is 0 Å². The van der Waals surface area contributed by atoms with Crippen molar-refractivity contribution in [1.82, 2.24) is 9.80 Å². The highest BCUT2D eigenvalue weighted by molar-refractivity contribution is 5.28. The number of alkyl halides is 3. The molecule has 1 aromatic rings. The normalized spacial score (nSPS) is 28.2. The molecule has 0 amide bonds. The van der Waals surface area contributed by atoms with E-state index in [0.29, 0.717) is 25.0 Å². The van der Waals surface area contributed by atoms with Crippen molar-refractivity contribution in [3.05, 3.63) is 35.4 Å². The highest BCUT2D eigenvalue weighted by Crippen LogP contribution is 2.39. The van der Waals surface area contributed by atoms with Gasteiger partial charge in [-0.25, -0.2) is 0 Å². The Labute approximate surface area is 168 Å². The average Bonchev–Trinajstić information content (AvgIpc) is 2.67. The third-order valence-corrected chi connectivity index (χ3v) is 6.66. The Morgan fingerprint density at radius 2 is 1.43 bits per heavy atom. The van der Waals surface area contributed by atoms with Crippen LogP contribution in [0.3, 0.4) is 0 Å². The summed E-state index contributed by atoms with van der Waals surface area (Å²) in [5.41, 5.74) is 2.53. The smallest absolute Gasteiger partial charge is 0.294 e. The van der Waals surface area contributed by atoms with Crippen LogP contribution >= 0.6 is 0 Å². The summed E-state index contributed by atoms with van der Waals surface area (Å²) in [6.07, 6.45) is 0.378. The predicted octanol–water partition coefficient (Wildman–Crippen LogP) is 6.14. The molecule has 5 heteroatoms. The SMILES string of the molecule is CC(C)N1CCCCC1c1ccc(C2CCC(C(F)(F)F)N(C(C)C)C2)cc1. The van der Waals surface area contributed by atoms with Crippen molar-refractivity contribution >= 4 is 0 Å². The molecule has 2 aliphatic heterocycles. The molecule has 0 bridgehead atoms. The summed E-state index contributed by atoms with van der Waals surface area (Å²) in [4.78, 5) is 4.22. The van der Waals surface area contributed by atoms with Crippen LogP contribution in [-0.4, -0.2) is 47.2 Å². The van der Waals surface area contributed by atoms with Gasteiger partial charge in [0.2, 0.25) is 0 Å². The fourth-order valence-corrected chi connectivity index (χ4v) is 5.11. The fraction of sp³-hybridized carbons (Fsp3) is 0.739. The lowest BCUT2D eigenvalue weighted by Gasteiger charge is -2.43. The molecule has 2 aliphatic rings. The topological polar surface area (TPSA) is 6.48 Å². The molecule has 3 rings (SSSR count). The van der Waals surface area contributed by atoms with Crippen molar-refractivity contribution < 1.29 is 13.2 Å². The first kappa shape index (κ1) is 21.6. The van der Waals surface area contributed by atoms with Crippen LogP contribution in [0.5, 0.6) is 0 Å². The summed E-state index contributed by atoms with van der Waals surface area (Å²) in [6, 6.07) is 8.37. The summed E-state index contributed by atoms with van der Waals surface area (Å²) >= 11 is 0. The molecule has 1 aromatic carbocycles.